The number of carbonyl (C=O) groups is 1. The summed E-state index contributed by atoms with van der Waals surface area (Å²) < 4.78 is 24.6. The van der Waals surface area contributed by atoms with Gasteiger partial charge in [-0.3, -0.25) is 9.10 Å². The van der Waals surface area contributed by atoms with Crippen molar-refractivity contribution in [3.05, 3.63) is 60.2 Å². The van der Waals surface area contributed by atoms with E-state index in [4.69, 9.17) is 0 Å². The molecule has 22 heavy (non-hydrogen) atoms. The molecule has 2 rings (SSSR count). The van der Waals surface area contributed by atoms with Crippen LogP contribution in [0.3, 0.4) is 0 Å². The van der Waals surface area contributed by atoms with Crippen molar-refractivity contribution in [2.75, 3.05) is 29.6 Å². The zero-order chi connectivity index (χ0) is 16.3. The van der Waals surface area contributed by atoms with Crippen molar-refractivity contribution in [1.29, 1.82) is 0 Å². The van der Waals surface area contributed by atoms with E-state index in [9.17, 15) is 13.2 Å². The van der Waals surface area contributed by atoms with Gasteiger partial charge in [0, 0.05) is 19.8 Å². The predicted octanol–water partition coefficient (Wildman–Crippen LogP) is 2.36. The molecule has 0 heterocycles. The van der Waals surface area contributed by atoms with Crippen molar-refractivity contribution in [2.45, 2.75) is 0 Å². The second-order valence-electron chi connectivity index (χ2n) is 4.95. The zero-order valence-corrected chi connectivity index (χ0v) is 13.5. The topological polar surface area (TPSA) is 57.7 Å². The average molecular weight is 318 g/mol. The molecule has 0 unspecified atom stereocenters. The number of nitrogens with zero attached hydrogens (tertiary/aromatic N) is 2. The molecule has 0 fully saturated rings. The number of carbonyl (C=O) groups excluding carboxylic acids is 1. The van der Waals surface area contributed by atoms with E-state index in [1.165, 1.54) is 11.9 Å². The molecule has 5 nitrogen and oxygen atoms in total. The summed E-state index contributed by atoms with van der Waals surface area (Å²) in [6.07, 6.45) is 1.11. The highest BCUT2D eigenvalue weighted by atomic mass is 32.2. The molecule has 0 aromatic heterocycles. The maximum absolute atomic E-state index is 12.7. The van der Waals surface area contributed by atoms with Crippen LogP contribution in [0.4, 0.5) is 11.4 Å². The van der Waals surface area contributed by atoms with Crippen LogP contribution in [0.25, 0.3) is 0 Å². The molecular weight excluding hydrogens is 300 g/mol. The zero-order valence-electron chi connectivity index (χ0n) is 12.7. The molecule has 0 aliphatic heterocycles. The quantitative estimate of drug-likeness (QED) is 0.869. The third kappa shape index (κ3) is 3.28. The van der Waals surface area contributed by atoms with Gasteiger partial charge in [0.15, 0.2) is 0 Å². The first-order valence-electron chi connectivity index (χ1n) is 6.68. The van der Waals surface area contributed by atoms with Crippen molar-refractivity contribution in [3.63, 3.8) is 0 Å². The fourth-order valence-corrected chi connectivity index (χ4v) is 2.57. The molecular formula is C16H18N2O3S. The van der Waals surface area contributed by atoms with Gasteiger partial charge >= 0.3 is 0 Å². The van der Waals surface area contributed by atoms with Gasteiger partial charge in [-0.15, -0.1) is 0 Å². The summed E-state index contributed by atoms with van der Waals surface area (Å²) in [5.41, 5.74) is 1.43. The minimum Gasteiger partial charge on any atom is -0.311 e. The third-order valence-corrected chi connectivity index (χ3v) is 4.61. The van der Waals surface area contributed by atoms with Gasteiger partial charge in [0.25, 0.3) is 5.91 Å². The summed E-state index contributed by atoms with van der Waals surface area (Å²) >= 11 is 0. The van der Waals surface area contributed by atoms with Crippen LogP contribution >= 0.6 is 0 Å². The van der Waals surface area contributed by atoms with Gasteiger partial charge in [-0.2, -0.15) is 0 Å². The van der Waals surface area contributed by atoms with E-state index in [1.807, 2.05) is 30.3 Å². The first kappa shape index (κ1) is 16.0. The lowest BCUT2D eigenvalue weighted by molar-refractivity contribution is 0.0993. The van der Waals surface area contributed by atoms with Crippen LogP contribution < -0.4 is 9.21 Å². The maximum atomic E-state index is 12.7. The molecule has 2 aromatic carbocycles. The van der Waals surface area contributed by atoms with Gasteiger partial charge in [0.05, 0.1) is 17.5 Å². The summed E-state index contributed by atoms with van der Waals surface area (Å²) in [7, 11) is -0.344. The summed E-state index contributed by atoms with van der Waals surface area (Å²) in [6.45, 7) is 0. The third-order valence-electron chi connectivity index (χ3n) is 3.42. The van der Waals surface area contributed by atoms with E-state index >= 15 is 0 Å². The highest BCUT2D eigenvalue weighted by Crippen LogP contribution is 2.24. The van der Waals surface area contributed by atoms with Crippen molar-refractivity contribution in [1.82, 2.24) is 0 Å². The monoisotopic (exact) mass is 318 g/mol. The Hall–Kier alpha value is -2.34. The number of hydrogen-bond acceptors (Lipinski definition) is 3. The molecule has 0 bridgehead atoms. The molecule has 0 atom stereocenters. The summed E-state index contributed by atoms with van der Waals surface area (Å²) in [5.74, 6) is -0.266. The average Bonchev–Trinajstić information content (AvgIpc) is 2.52. The Morgan fingerprint density at radius 1 is 0.909 bits per heavy atom. The molecule has 0 spiro atoms. The molecule has 0 radical (unpaired) electrons. The number of anilines is 2. The number of hydrogen-bond donors (Lipinski definition) is 0. The standard InChI is InChI=1S/C16H18N2O3S/c1-17(13-9-5-4-6-10-13)16(19)14-11-7-8-12-15(14)18(2)22(3,20)21/h4-12H,1-3H3. The van der Waals surface area contributed by atoms with E-state index in [0.717, 1.165) is 16.2 Å². The van der Waals surface area contributed by atoms with Crippen molar-refractivity contribution < 1.29 is 13.2 Å². The Labute approximate surface area is 130 Å². The molecule has 0 N–H and O–H groups in total. The molecule has 116 valence electrons. The summed E-state index contributed by atoms with van der Waals surface area (Å²) in [6, 6.07) is 15.9. The highest BCUT2D eigenvalue weighted by molar-refractivity contribution is 7.92. The molecule has 0 aliphatic carbocycles. The Bertz CT molecular complexity index is 773. The lowest BCUT2D eigenvalue weighted by atomic mass is 10.1. The van der Waals surface area contributed by atoms with E-state index in [0.29, 0.717) is 11.3 Å². The Balaban J connectivity index is 2.43. The van der Waals surface area contributed by atoms with Gasteiger partial charge in [0.1, 0.15) is 0 Å². The second-order valence-corrected chi connectivity index (χ2v) is 6.96. The first-order chi connectivity index (χ1) is 10.3. The first-order valence-corrected chi connectivity index (χ1v) is 8.53. The normalized spacial score (nSPS) is 11.0. The van der Waals surface area contributed by atoms with Gasteiger partial charge in [-0.25, -0.2) is 8.42 Å². The number of amides is 1. The number of rotatable bonds is 4. The molecule has 0 saturated carbocycles. The van der Waals surface area contributed by atoms with Gasteiger partial charge in [-0.1, -0.05) is 30.3 Å². The Kier molecular flexibility index (Phi) is 4.51. The van der Waals surface area contributed by atoms with Crippen LogP contribution in [-0.2, 0) is 10.0 Å². The Morgan fingerprint density at radius 2 is 1.45 bits per heavy atom. The number of benzene rings is 2. The minimum atomic E-state index is -3.44. The van der Waals surface area contributed by atoms with E-state index < -0.39 is 10.0 Å². The van der Waals surface area contributed by atoms with Crippen LogP contribution in [0.1, 0.15) is 10.4 Å². The van der Waals surface area contributed by atoms with Crippen LogP contribution in [0, 0.1) is 0 Å². The largest absolute Gasteiger partial charge is 0.311 e. The fourth-order valence-electron chi connectivity index (χ4n) is 2.06. The van der Waals surface area contributed by atoms with E-state index in [-0.39, 0.29) is 5.91 Å². The highest BCUT2D eigenvalue weighted by Gasteiger charge is 2.22. The SMILES string of the molecule is CN(C(=O)c1ccccc1N(C)S(C)(=O)=O)c1ccccc1. The van der Waals surface area contributed by atoms with Crippen molar-refractivity contribution in [3.8, 4) is 0 Å². The van der Waals surface area contributed by atoms with E-state index in [2.05, 4.69) is 0 Å². The van der Waals surface area contributed by atoms with Gasteiger partial charge in [-0.05, 0) is 24.3 Å². The van der Waals surface area contributed by atoms with Crippen molar-refractivity contribution >= 4 is 27.3 Å². The smallest absolute Gasteiger partial charge is 0.260 e. The summed E-state index contributed by atoms with van der Waals surface area (Å²) in [5, 5.41) is 0. The Morgan fingerprint density at radius 3 is 2.05 bits per heavy atom. The lowest BCUT2D eigenvalue weighted by Gasteiger charge is -2.23. The molecule has 0 aliphatic rings. The lowest BCUT2D eigenvalue weighted by Crippen LogP contribution is -2.31. The second kappa shape index (κ2) is 6.19. The number of para-hydroxylation sites is 2. The molecule has 0 saturated heterocycles. The van der Waals surface area contributed by atoms with Gasteiger partial charge in [0.2, 0.25) is 10.0 Å². The minimum absolute atomic E-state index is 0.266. The summed E-state index contributed by atoms with van der Waals surface area (Å²) in [4.78, 5) is 14.2. The fraction of sp³-hybridized carbons (Fsp3) is 0.188. The van der Waals surface area contributed by atoms with Crippen LogP contribution in [0.15, 0.2) is 54.6 Å². The maximum Gasteiger partial charge on any atom is 0.260 e. The predicted molar refractivity (Wildman–Crippen MR) is 88.9 cm³/mol. The van der Waals surface area contributed by atoms with Crippen LogP contribution in [0.5, 0.6) is 0 Å². The van der Waals surface area contributed by atoms with Gasteiger partial charge < -0.3 is 4.90 Å². The molecule has 6 heteroatoms. The number of sulfonamides is 1. The molecule has 1 amide bonds. The van der Waals surface area contributed by atoms with Crippen LogP contribution in [0.2, 0.25) is 0 Å². The molecule has 2 aromatic rings. The van der Waals surface area contributed by atoms with Crippen LogP contribution in [-0.4, -0.2) is 34.7 Å². The van der Waals surface area contributed by atoms with E-state index in [1.54, 1.807) is 31.3 Å². The van der Waals surface area contributed by atoms with Crippen molar-refractivity contribution in [2.24, 2.45) is 0 Å².